The first-order valence-corrected chi connectivity index (χ1v) is 11.0. The van der Waals surface area contributed by atoms with Crippen molar-refractivity contribution in [3.63, 3.8) is 0 Å². The van der Waals surface area contributed by atoms with Gasteiger partial charge in [-0.15, -0.1) is 0 Å². The van der Waals surface area contributed by atoms with Crippen molar-refractivity contribution < 1.29 is 22.7 Å². The SMILES string of the molecule is COc1ccc(CN(C)C(=O)[C@H](C)N(c2cc(Cl)ccc2OC)S(C)(=O)=O)cc1. The lowest BCUT2D eigenvalue weighted by Gasteiger charge is -2.32. The average molecular weight is 441 g/mol. The average Bonchev–Trinajstić information content (AvgIpc) is 2.67. The number of benzene rings is 2. The standard InChI is InChI=1S/C20H25ClN2O5S/c1-14(20(24)22(2)13-15-6-9-17(27-3)10-7-15)23(29(5,25)26)18-12-16(21)8-11-19(18)28-4/h6-12,14H,13H2,1-5H3/t14-/m0/s1. The maximum absolute atomic E-state index is 13.0. The van der Waals surface area contributed by atoms with Crippen molar-refractivity contribution in [1.82, 2.24) is 4.90 Å². The summed E-state index contributed by atoms with van der Waals surface area (Å²) >= 11 is 6.06. The molecular formula is C20H25ClN2O5S. The number of ether oxygens (including phenoxy) is 2. The van der Waals surface area contributed by atoms with Gasteiger partial charge in [-0.3, -0.25) is 9.10 Å². The number of sulfonamides is 1. The first-order valence-electron chi connectivity index (χ1n) is 8.79. The smallest absolute Gasteiger partial charge is 0.246 e. The zero-order valence-corrected chi connectivity index (χ0v) is 18.6. The minimum atomic E-state index is -3.80. The van der Waals surface area contributed by atoms with E-state index in [9.17, 15) is 13.2 Å². The fourth-order valence-corrected chi connectivity index (χ4v) is 4.34. The van der Waals surface area contributed by atoms with E-state index < -0.39 is 16.1 Å². The number of amides is 1. The number of likely N-dealkylation sites (N-methyl/N-ethyl adjacent to an activating group) is 1. The van der Waals surface area contributed by atoms with Gasteiger partial charge in [0, 0.05) is 18.6 Å². The van der Waals surface area contributed by atoms with Crippen LogP contribution in [0.1, 0.15) is 12.5 Å². The van der Waals surface area contributed by atoms with Crippen LogP contribution in [0.25, 0.3) is 0 Å². The van der Waals surface area contributed by atoms with E-state index in [1.54, 1.807) is 38.4 Å². The lowest BCUT2D eigenvalue weighted by molar-refractivity contribution is -0.131. The maximum atomic E-state index is 13.0. The third kappa shape index (κ3) is 5.55. The highest BCUT2D eigenvalue weighted by Gasteiger charge is 2.33. The van der Waals surface area contributed by atoms with E-state index in [1.807, 2.05) is 12.1 Å². The number of nitrogens with zero attached hydrogens (tertiary/aromatic N) is 2. The second kappa shape index (κ2) is 9.37. The Hall–Kier alpha value is -2.45. The summed E-state index contributed by atoms with van der Waals surface area (Å²) in [6, 6.07) is 10.9. The predicted molar refractivity (Wildman–Crippen MR) is 114 cm³/mol. The van der Waals surface area contributed by atoms with Crippen molar-refractivity contribution >= 4 is 33.2 Å². The summed E-state index contributed by atoms with van der Waals surface area (Å²) in [7, 11) is 0.833. The normalized spacial score (nSPS) is 12.2. The number of hydrogen-bond acceptors (Lipinski definition) is 5. The van der Waals surface area contributed by atoms with Crippen LogP contribution in [-0.4, -0.2) is 52.8 Å². The Morgan fingerprint density at radius 2 is 1.72 bits per heavy atom. The Kier molecular flexibility index (Phi) is 7.37. The van der Waals surface area contributed by atoms with Crippen molar-refractivity contribution in [3.8, 4) is 11.5 Å². The molecule has 2 rings (SSSR count). The summed E-state index contributed by atoms with van der Waals surface area (Å²) in [5, 5.41) is 0.334. The molecule has 0 spiro atoms. The van der Waals surface area contributed by atoms with Crippen LogP contribution in [0.2, 0.25) is 5.02 Å². The van der Waals surface area contributed by atoms with Crippen molar-refractivity contribution in [1.29, 1.82) is 0 Å². The topological polar surface area (TPSA) is 76.2 Å². The molecule has 29 heavy (non-hydrogen) atoms. The van der Waals surface area contributed by atoms with Crippen LogP contribution < -0.4 is 13.8 Å². The Morgan fingerprint density at radius 1 is 1.10 bits per heavy atom. The van der Waals surface area contributed by atoms with Crippen LogP contribution in [0.15, 0.2) is 42.5 Å². The van der Waals surface area contributed by atoms with Crippen molar-refractivity contribution in [2.45, 2.75) is 19.5 Å². The molecule has 0 heterocycles. The van der Waals surface area contributed by atoms with Crippen molar-refractivity contribution in [2.24, 2.45) is 0 Å². The molecule has 158 valence electrons. The lowest BCUT2D eigenvalue weighted by atomic mass is 10.2. The largest absolute Gasteiger partial charge is 0.497 e. The van der Waals surface area contributed by atoms with E-state index in [-0.39, 0.29) is 11.6 Å². The predicted octanol–water partition coefficient (Wildman–Crippen LogP) is 3.17. The third-order valence-corrected chi connectivity index (χ3v) is 5.86. The minimum absolute atomic E-state index is 0.209. The minimum Gasteiger partial charge on any atom is -0.497 e. The molecule has 7 nitrogen and oxygen atoms in total. The number of anilines is 1. The number of methoxy groups -OCH3 is 2. The molecule has 0 aliphatic rings. The number of carbonyl (C=O) groups excluding carboxylic acids is 1. The highest BCUT2D eigenvalue weighted by atomic mass is 35.5. The molecule has 1 atom stereocenters. The van der Waals surface area contributed by atoms with Gasteiger partial charge in [-0.25, -0.2) is 8.42 Å². The third-order valence-electron chi connectivity index (χ3n) is 4.40. The summed E-state index contributed by atoms with van der Waals surface area (Å²) in [5.74, 6) is 0.651. The van der Waals surface area contributed by atoms with Gasteiger partial charge in [-0.1, -0.05) is 23.7 Å². The second-order valence-electron chi connectivity index (χ2n) is 6.59. The van der Waals surface area contributed by atoms with E-state index in [2.05, 4.69) is 0 Å². The molecule has 0 fully saturated rings. The molecule has 0 aliphatic heterocycles. The van der Waals surface area contributed by atoms with Crippen LogP contribution >= 0.6 is 11.6 Å². The van der Waals surface area contributed by atoms with E-state index >= 15 is 0 Å². The molecule has 0 saturated carbocycles. The molecule has 2 aromatic rings. The highest BCUT2D eigenvalue weighted by molar-refractivity contribution is 7.92. The molecular weight excluding hydrogens is 416 g/mol. The van der Waals surface area contributed by atoms with Gasteiger partial charge >= 0.3 is 0 Å². The molecule has 1 amide bonds. The van der Waals surface area contributed by atoms with E-state index in [4.69, 9.17) is 21.1 Å². The van der Waals surface area contributed by atoms with E-state index in [1.165, 1.54) is 25.0 Å². The van der Waals surface area contributed by atoms with Gasteiger partial charge in [-0.2, -0.15) is 0 Å². The first-order chi connectivity index (χ1) is 13.6. The summed E-state index contributed by atoms with van der Waals surface area (Å²) in [5.41, 5.74) is 1.10. The molecule has 0 N–H and O–H groups in total. The fourth-order valence-electron chi connectivity index (χ4n) is 3.01. The Morgan fingerprint density at radius 3 is 2.24 bits per heavy atom. The summed E-state index contributed by atoms with van der Waals surface area (Å²) < 4.78 is 36.6. The monoisotopic (exact) mass is 440 g/mol. The molecule has 0 aromatic heterocycles. The van der Waals surface area contributed by atoms with E-state index in [0.29, 0.717) is 23.1 Å². The van der Waals surface area contributed by atoms with Gasteiger partial charge in [0.15, 0.2) is 0 Å². The van der Waals surface area contributed by atoms with Crippen LogP contribution in [0.4, 0.5) is 5.69 Å². The Labute approximate surface area is 176 Å². The molecule has 0 saturated heterocycles. The second-order valence-corrected chi connectivity index (χ2v) is 8.89. The maximum Gasteiger partial charge on any atom is 0.246 e. The van der Waals surface area contributed by atoms with Crippen LogP contribution in [0, 0.1) is 0 Å². The number of hydrogen-bond donors (Lipinski definition) is 0. The quantitative estimate of drug-likeness (QED) is 0.630. The van der Waals surface area contributed by atoms with Gasteiger partial charge in [0.1, 0.15) is 17.5 Å². The van der Waals surface area contributed by atoms with Crippen LogP contribution in [0.3, 0.4) is 0 Å². The summed E-state index contributed by atoms with van der Waals surface area (Å²) in [4.78, 5) is 14.5. The van der Waals surface area contributed by atoms with Gasteiger partial charge in [0.25, 0.3) is 0 Å². The van der Waals surface area contributed by atoms with Crippen molar-refractivity contribution in [2.75, 3.05) is 31.8 Å². The van der Waals surface area contributed by atoms with Crippen LogP contribution in [-0.2, 0) is 21.4 Å². The molecule has 0 radical (unpaired) electrons. The molecule has 0 bridgehead atoms. The Bertz CT molecular complexity index is 963. The van der Waals surface area contributed by atoms with Gasteiger partial charge in [-0.05, 0) is 42.8 Å². The highest BCUT2D eigenvalue weighted by Crippen LogP contribution is 2.34. The number of halogens is 1. The van der Waals surface area contributed by atoms with E-state index in [0.717, 1.165) is 16.1 Å². The summed E-state index contributed by atoms with van der Waals surface area (Å²) in [6.45, 7) is 1.85. The molecule has 0 unspecified atom stereocenters. The van der Waals surface area contributed by atoms with Gasteiger partial charge in [0.05, 0.1) is 26.2 Å². The zero-order valence-electron chi connectivity index (χ0n) is 17.0. The van der Waals surface area contributed by atoms with Gasteiger partial charge in [0.2, 0.25) is 15.9 Å². The number of carbonyl (C=O) groups is 1. The van der Waals surface area contributed by atoms with Crippen LogP contribution in [0.5, 0.6) is 11.5 Å². The van der Waals surface area contributed by atoms with Crippen molar-refractivity contribution in [3.05, 3.63) is 53.1 Å². The van der Waals surface area contributed by atoms with Gasteiger partial charge < -0.3 is 14.4 Å². The molecule has 9 heteroatoms. The fraction of sp³-hybridized carbons (Fsp3) is 0.350. The number of rotatable bonds is 8. The first kappa shape index (κ1) is 22.8. The summed E-state index contributed by atoms with van der Waals surface area (Å²) in [6.07, 6.45) is 1.04. The zero-order chi connectivity index (χ0) is 21.8. The molecule has 2 aromatic carbocycles. The molecule has 0 aliphatic carbocycles. The Balaban J connectivity index is 2.32. The lowest BCUT2D eigenvalue weighted by Crippen LogP contribution is -2.48.